The summed E-state index contributed by atoms with van der Waals surface area (Å²) in [5.41, 5.74) is 0. The smallest absolute Gasteiger partial charge is 0.356 e. The predicted octanol–water partition coefficient (Wildman–Crippen LogP) is 1.94. The fourth-order valence-corrected chi connectivity index (χ4v) is 4.57. The van der Waals surface area contributed by atoms with Crippen molar-refractivity contribution < 1.29 is 21.6 Å². The van der Waals surface area contributed by atoms with Crippen molar-refractivity contribution in [2.75, 3.05) is 32.9 Å². The van der Waals surface area contributed by atoms with Crippen LogP contribution in [-0.4, -0.2) is 63.8 Å². The highest BCUT2D eigenvalue weighted by Crippen LogP contribution is 2.37. The van der Waals surface area contributed by atoms with E-state index in [1.807, 2.05) is 0 Å². The van der Waals surface area contributed by atoms with Crippen molar-refractivity contribution in [2.45, 2.75) is 50.7 Å². The van der Waals surface area contributed by atoms with E-state index in [9.17, 15) is 21.6 Å². The van der Waals surface area contributed by atoms with E-state index in [0.717, 1.165) is 12.8 Å². The van der Waals surface area contributed by atoms with Gasteiger partial charge >= 0.3 is 6.18 Å². The summed E-state index contributed by atoms with van der Waals surface area (Å²) in [5, 5.41) is 6.30. The molecule has 2 fully saturated rings. The van der Waals surface area contributed by atoms with Gasteiger partial charge < -0.3 is 10.6 Å². The van der Waals surface area contributed by atoms with Crippen LogP contribution in [0.5, 0.6) is 0 Å². The van der Waals surface area contributed by atoms with Gasteiger partial charge in [-0.1, -0.05) is 6.42 Å². The van der Waals surface area contributed by atoms with Crippen LogP contribution in [0, 0.1) is 11.8 Å². The summed E-state index contributed by atoms with van der Waals surface area (Å²) in [6, 6.07) is -0.228. The van der Waals surface area contributed by atoms with Crippen molar-refractivity contribution in [3.05, 3.63) is 0 Å². The highest BCUT2D eigenvalue weighted by atomic mass is 32.2. The lowest BCUT2D eigenvalue weighted by atomic mass is 9.85. The third kappa shape index (κ3) is 6.29. The minimum absolute atomic E-state index is 0.0803. The minimum atomic E-state index is -4.13. The Morgan fingerprint density at radius 3 is 2.38 bits per heavy atom. The Morgan fingerprint density at radius 1 is 1.19 bits per heavy atom. The average molecular weight is 398 g/mol. The van der Waals surface area contributed by atoms with Gasteiger partial charge in [0.2, 0.25) is 10.0 Å². The Balaban J connectivity index is 1.76. The van der Waals surface area contributed by atoms with Crippen LogP contribution < -0.4 is 10.6 Å². The van der Waals surface area contributed by atoms with Crippen molar-refractivity contribution in [2.24, 2.45) is 16.8 Å². The molecule has 2 unspecified atom stereocenters. The van der Waals surface area contributed by atoms with Gasteiger partial charge in [-0.2, -0.15) is 13.2 Å². The SMILES string of the molecule is CN=C(NCC1CCN(S(C)(=O)=O)CC1)NC1CCCC(C(F)(F)F)C1. The third-order valence-electron chi connectivity index (χ3n) is 5.30. The first-order valence-corrected chi connectivity index (χ1v) is 10.9. The van der Waals surface area contributed by atoms with Gasteiger partial charge in [0.05, 0.1) is 12.2 Å². The molecule has 0 radical (unpaired) electrons. The Hall–Kier alpha value is -1.03. The number of aliphatic imine (C=N–C) groups is 1. The number of piperidine rings is 1. The van der Waals surface area contributed by atoms with Gasteiger partial charge in [-0.25, -0.2) is 12.7 Å². The van der Waals surface area contributed by atoms with E-state index < -0.39 is 22.1 Å². The van der Waals surface area contributed by atoms with Crippen LogP contribution in [0.25, 0.3) is 0 Å². The van der Waals surface area contributed by atoms with Crippen molar-refractivity contribution in [1.82, 2.24) is 14.9 Å². The molecule has 0 bridgehead atoms. The first-order chi connectivity index (χ1) is 12.1. The number of alkyl halides is 3. The Morgan fingerprint density at radius 2 is 1.85 bits per heavy atom. The lowest BCUT2D eigenvalue weighted by molar-refractivity contribution is -0.183. The molecule has 26 heavy (non-hydrogen) atoms. The summed E-state index contributed by atoms with van der Waals surface area (Å²) in [6.45, 7) is 1.65. The molecule has 2 aliphatic rings. The molecular formula is C16H29F3N4O2S. The van der Waals surface area contributed by atoms with Crippen LogP contribution in [0.2, 0.25) is 0 Å². The van der Waals surface area contributed by atoms with E-state index in [2.05, 4.69) is 15.6 Å². The van der Waals surface area contributed by atoms with Gasteiger partial charge in [-0.15, -0.1) is 0 Å². The Bertz CT molecular complexity index is 587. The number of sulfonamides is 1. The molecule has 2 N–H and O–H groups in total. The number of nitrogens with one attached hydrogen (secondary N) is 2. The maximum Gasteiger partial charge on any atom is 0.391 e. The fraction of sp³-hybridized carbons (Fsp3) is 0.938. The quantitative estimate of drug-likeness (QED) is 0.561. The second-order valence-electron chi connectivity index (χ2n) is 7.30. The third-order valence-corrected chi connectivity index (χ3v) is 6.61. The standard InChI is InChI=1S/C16H29F3N4O2S/c1-20-15(22-14-5-3-4-13(10-14)16(17,18)19)21-11-12-6-8-23(9-7-12)26(2,24)25/h12-14H,3-11H2,1-2H3,(H2,20,21,22). The normalized spacial score (nSPS) is 27.3. The molecule has 1 saturated heterocycles. The summed E-state index contributed by atoms with van der Waals surface area (Å²) >= 11 is 0. The molecule has 10 heteroatoms. The molecule has 1 heterocycles. The number of rotatable bonds is 4. The zero-order chi connectivity index (χ0) is 19.4. The van der Waals surface area contributed by atoms with Crippen molar-refractivity contribution in [3.63, 3.8) is 0 Å². The van der Waals surface area contributed by atoms with Crippen molar-refractivity contribution in [3.8, 4) is 0 Å². The molecule has 0 aromatic heterocycles. The van der Waals surface area contributed by atoms with Crippen LogP contribution in [0.4, 0.5) is 13.2 Å². The van der Waals surface area contributed by atoms with Crippen LogP contribution in [0.1, 0.15) is 38.5 Å². The zero-order valence-electron chi connectivity index (χ0n) is 15.3. The predicted molar refractivity (Wildman–Crippen MR) is 95.4 cm³/mol. The van der Waals surface area contributed by atoms with E-state index in [-0.39, 0.29) is 18.9 Å². The maximum absolute atomic E-state index is 12.9. The number of guanidine groups is 1. The summed E-state index contributed by atoms with van der Waals surface area (Å²) in [4.78, 5) is 4.11. The van der Waals surface area contributed by atoms with Gasteiger partial charge in [0.25, 0.3) is 0 Å². The molecule has 152 valence electrons. The van der Waals surface area contributed by atoms with Crippen molar-refractivity contribution >= 4 is 16.0 Å². The van der Waals surface area contributed by atoms with E-state index in [1.54, 1.807) is 7.05 Å². The Labute approximate surface area is 153 Å². The number of nitrogens with zero attached hydrogens (tertiary/aromatic N) is 2. The van der Waals surface area contributed by atoms with Crippen LogP contribution in [0.3, 0.4) is 0 Å². The number of hydrogen-bond donors (Lipinski definition) is 2. The maximum atomic E-state index is 12.9. The number of hydrogen-bond acceptors (Lipinski definition) is 3. The first kappa shape index (κ1) is 21.3. The second-order valence-corrected chi connectivity index (χ2v) is 9.29. The van der Waals surface area contributed by atoms with Crippen LogP contribution >= 0.6 is 0 Å². The lowest BCUT2D eigenvalue weighted by Gasteiger charge is -2.33. The largest absolute Gasteiger partial charge is 0.391 e. The van der Waals surface area contributed by atoms with E-state index in [1.165, 1.54) is 10.6 Å². The molecule has 0 spiro atoms. The second kappa shape index (κ2) is 8.77. The molecule has 1 saturated carbocycles. The van der Waals surface area contributed by atoms with E-state index in [0.29, 0.717) is 44.4 Å². The molecule has 2 atom stereocenters. The minimum Gasteiger partial charge on any atom is -0.356 e. The van der Waals surface area contributed by atoms with Gasteiger partial charge in [-0.3, -0.25) is 4.99 Å². The van der Waals surface area contributed by atoms with Gasteiger partial charge in [0.15, 0.2) is 5.96 Å². The molecule has 2 rings (SSSR count). The molecule has 1 aliphatic carbocycles. The summed E-state index contributed by atoms with van der Waals surface area (Å²) in [7, 11) is -1.53. The van der Waals surface area contributed by atoms with Gasteiger partial charge in [-0.05, 0) is 38.0 Å². The van der Waals surface area contributed by atoms with Crippen LogP contribution in [-0.2, 0) is 10.0 Å². The average Bonchev–Trinajstić information content (AvgIpc) is 2.57. The van der Waals surface area contributed by atoms with E-state index in [4.69, 9.17) is 0 Å². The van der Waals surface area contributed by atoms with E-state index >= 15 is 0 Å². The molecule has 0 aromatic carbocycles. The number of halogens is 3. The summed E-state index contributed by atoms with van der Waals surface area (Å²) in [5.74, 6) is -0.406. The molecule has 6 nitrogen and oxygen atoms in total. The highest BCUT2D eigenvalue weighted by molar-refractivity contribution is 7.88. The van der Waals surface area contributed by atoms with Gasteiger partial charge in [0.1, 0.15) is 0 Å². The zero-order valence-corrected chi connectivity index (χ0v) is 16.2. The molecule has 0 aromatic rings. The topological polar surface area (TPSA) is 73.8 Å². The summed E-state index contributed by atoms with van der Waals surface area (Å²) < 4.78 is 63.3. The molecular weight excluding hydrogens is 369 g/mol. The fourth-order valence-electron chi connectivity index (χ4n) is 3.69. The highest BCUT2D eigenvalue weighted by Gasteiger charge is 2.42. The molecule has 1 aliphatic heterocycles. The van der Waals surface area contributed by atoms with Crippen LogP contribution in [0.15, 0.2) is 4.99 Å². The Kier molecular flexibility index (Phi) is 7.18. The van der Waals surface area contributed by atoms with Gasteiger partial charge in [0, 0.05) is 32.7 Å². The monoisotopic (exact) mass is 398 g/mol. The molecule has 0 amide bonds. The lowest BCUT2D eigenvalue weighted by Crippen LogP contribution is -2.48. The first-order valence-electron chi connectivity index (χ1n) is 9.08. The summed E-state index contributed by atoms with van der Waals surface area (Å²) in [6.07, 6.45) is 0.153. The van der Waals surface area contributed by atoms with Crippen molar-refractivity contribution in [1.29, 1.82) is 0 Å².